The SMILES string of the molecule is COCCCN(C(=S)Nc1cc(Cl)cc(Cl)c1)[C@@H](C)c1ccncc1. The summed E-state index contributed by atoms with van der Waals surface area (Å²) in [6, 6.07) is 9.36. The Labute approximate surface area is 164 Å². The van der Waals surface area contributed by atoms with Crippen molar-refractivity contribution in [1.29, 1.82) is 0 Å². The van der Waals surface area contributed by atoms with E-state index < -0.39 is 0 Å². The van der Waals surface area contributed by atoms with Gasteiger partial charge in [0.05, 0.1) is 6.04 Å². The number of hydrogen-bond acceptors (Lipinski definition) is 3. The normalized spacial score (nSPS) is 11.8. The molecule has 0 aliphatic rings. The van der Waals surface area contributed by atoms with E-state index in [1.165, 1.54) is 0 Å². The number of pyridine rings is 1. The number of nitrogens with zero attached hydrogens (tertiary/aromatic N) is 2. The van der Waals surface area contributed by atoms with Crippen molar-refractivity contribution in [3.8, 4) is 0 Å². The predicted molar refractivity (Wildman–Crippen MR) is 109 cm³/mol. The minimum Gasteiger partial charge on any atom is -0.385 e. The van der Waals surface area contributed by atoms with Crippen molar-refractivity contribution in [3.63, 3.8) is 0 Å². The summed E-state index contributed by atoms with van der Waals surface area (Å²) < 4.78 is 5.17. The second kappa shape index (κ2) is 9.92. The number of methoxy groups -OCH3 is 1. The molecule has 0 amide bonds. The Balaban J connectivity index is 2.17. The second-order valence-corrected chi connectivity index (χ2v) is 6.84. The van der Waals surface area contributed by atoms with Crippen molar-refractivity contribution < 1.29 is 4.74 Å². The maximum atomic E-state index is 6.07. The van der Waals surface area contributed by atoms with Crippen LogP contribution in [-0.4, -0.2) is 35.3 Å². The number of anilines is 1. The van der Waals surface area contributed by atoms with Crippen molar-refractivity contribution in [2.75, 3.05) is 25.6 Å². The number of rotatable bonds is 7. The van der Waals surface area contributed by atoms with Gasteiger partial charge in [-0.2, -0.15) is 0 Å². The molecular weight excluding hydrogens is 377 g/mol. The molecule has 25 heavy (non-hydrogen) atoms. The molecular formula is C18H21Cl2N3OS. The molecule has 1 aromatic heterocycles. The Morgan fingerprint density at radius 3 is 2.48 bits per heavy atom. The van der Waals surface area contributed by atoms with Gasteiger partial charge in [-0.15, -0.1) is 0 Å². The van der Waals surface area contributed by atoms with E-state index in [9.17, 15) is 0 Å². The number of ether oxygens (including phenoxy) is 1. The topological polar surface area (TPSA) is 37.4 Å². The van der Waals surface area contributed by atoms with Crippen LogP contribution in [0, 0.1) is 0 Å². The molecule has 0 aliphatic heterocycles. The summed E-state index contributed by atoms with van der Waals surface area (Å²) in [5.41, 5.74) is 1.90. The molecule has 2 rings (SSSR count). The van der Waals surface area contributed by atoms with Crippen LogP contribution >= 0.6 is 35.4 Å². The van der Waals surface area contributed by atoms with E-state index in [1.54, 1.807) is 37.7 Å². The van der Waals surface area contributed by atoms with Gasteiger partial charge >= 0.3 is 0 Å². The first-order valence-electron chi connectivity index (χ1n) is 7.94. The van der Waals surface area contributed by atoms with Gasteiger partial charge in [0, 0.05) is 48.4 Å². The summed E-state index contributed by atoms with van der Waals surface area (Å²) >= 11 is 17.8. The largest absolute Gasteiger partial charge is 0.385 e. The lowest BCUT2D eigenvalue weighted by molar-refractivity contribution is 0.181. The van der Waals surface area contributed by atoms with Gasteiger partial charge in [0.25, 0.3) is 0 Å². The maximum Gasteiger partial charge on any atom is 0.173 e. The maximum absolute atomic E-state index is 6.07. The van der Waals surface area contributed by atoms with Gasteiger partial charge in [0.15, 0.2) is 5.11 Å². The highest BCUT2D eigenvalue weighted by Gasteiger charge is 2.19. The smallest absolute Gasteiger partial charge is 0.173 e. The summed E-state index contributed by atoms with van der Waals surface area (Å²) in [6.45, 7) is 3.55. The molecule has 7 heteroatoms. The zero-order valence-corrected chi connectivity index (χ0v) is 16.5. The van der Waals surface area contributed by atoms with E-state index in [4.69, 9.17) is 40.2 Å². The van der Waals surface area contributed by atoms with Crippen molar-refractivity contribution in [2.45, 2.75) is 19.4 Å². The standard InChI is InChI=1S/C18H21Cl2N3OS/c1-13(14-4-6-21-7-5-14)23(8-3-9-24-2)18(25)22-17-11-15(19)10-16(20)12-17/h4-7,10-13H,3,8-9H2,1-2H3,(H,22,25)/t13-/m0/s1. The molecule has 0 saturated heterocycles. The van der Waals surface area contributed by atoms with Crippen molar-refractivity contribution >= 4 is 46.2 Å². The predicted octanol–water partition coefficient (Wildman–Crippen LogP) is 5.18. The van der Waals surface area contributed by atoms with Gasteiger partial charge in [0.1, 0.15) is 0 Å². The van der Waals surface area contributed by atoms with Crippen LogP contribution in [0.1, 0.15) is 24.9 Å². The fourth-order valence-corrected chi connectivity index (χ4v) is 3.39. The Bertz CT molecular complexity index is 680. The average molecular weight is 398 g/mol. The summed E-state index contributed by atoms with van der Waals surface area (Å²) in [6.07, 6.45) is 4.43. The number of nitrogens with one attached hydrogen (secondary N) is 1. The number of aromatic nitrogens is 1. The first-order valence-corrected chi connectivity index (χ1v) is 9.10. The Hall–Kier alpha value is -1.40. The van der Waals surface area contributed by atoms with E-state index in [0.717, 1.165) is 24.2 Å². The van der Waals surface area contributed by atoms with E-state index in [-0.39, 0.29) is 6.04 Å². The molecule has 0 bridgehead atoms. The quantitative estimate of drug-likeness (QED) is 0.514. The Morgan fingerprint density at radius 2 is 1.88 bits per heavy atom. The number of thiocarbonyl (C=S) groups is 1. The van der Waals surface area contributed by atoms with Crippen LogP contribution in [0.15, 0.2) is 42.7 Å². The van der Waals surface area contributed by atoms with E-state index in [1.807, 2.05) is 12.1 Å². The zero-order chi connectivity index (χ0) is 18.2. The van der Waals surface area contributed by atoms with Gasteiger partial charge in [-0.05, 0) is 61.5 Å². The lowest BCUT2D eigenvalue weighted by atomic mass is 10.1. The lowest BCUT2D eigenvalue weighted by Crippen LogP contribution is -2.38. The van der Waals surface area contributed by atoms with Gasteiger partial charge in [-0.25, -0.2) is 0 Å². The van der Waals surface area contributed by atoms with Crippen LogP contribution < -0.4 is 5.32 Å². The highest BCUT2D eigenvalue weighted by molar-refractivity contribution is 7.80. The third kappa shape index (κ3) is 6.12. The third-order valence-corrected chi connectivity index (χ3v) is 4.55. The van der Waals surface area contributed by atoms with E-state index in [0.29, 0.717) is 21.8 Å². The number of benzene rings is 1. The zero-order valence-electron chi connectivity index (χ0n) is 14.2. The van der Waals surface area contributed by atoms with Gasteiger partial charge in [-0.3, -0.25) is 4.98 Å². The molecule has 2 aromatic rings. The summed E-state index contributed by atoms with van der Waals surface area (Å²) in [7, 11) is 1.70. The van der Waals surface area contributed by atoms with Crippen molar-refractivity contribution in [3.05, 3.63) is 58.3 Å². The first-order chi connectivity index (χ1) is 12.0. The first kappa shape index (κ1) is 19.9. The molecule has 0 aliphatic carbocycles. The number of halogens is 2. The van der Waals surface area contributed by atoms with Crippen LogP contribution in [0.25, 0.3) is 0 Å². The van der Waals surface area contributed by atoms with Gasteiger partial charge < -0.3 is 15.0 Å². The van der Waals surface area contributed by atoms with Crippen LogP contribution in [0.3, 0.4) is 0 Å². The molecule has 1 atom stereocenters. The van der Waals surface area contributed by atoms with Crippen LogP contribution in [0.2, 0.25) is 10.0 Å². The minimum absolute atomic E-state index is 0.0921. The van der Waals surface area contributed by atoms with Gasteiger partial charge in [0.2, 0.25) is 0 Å². The Kier molecular flexibility index (Phi) is 7.90. The number of hydrogen-bond donors (Lipinski definition) is 1. The van der Waals surface area contributed by atoms with Crippen molar-refractivity contribution in [1.82, 2.24) is 9.88 Å². The molecule has 1 aromatic carbocycles. The molecule has 0 saturated carbocycles. The fraction of sp³-hybridized carbons (Fsp3) is 0.333. The summed E-state index contributed by atoms with van der Waals surface area (Å²) in [5, 5.41) is 4.97. The van der Waals surface area contributed by atoms with Crippen molar-refractivity contribution in [2.24, 2.45) is 0 Å². The minimum atomic E-state index is 0.0921. The molecule has 0 unspecified atom stereocenters. The molecule has 134 valence electrons. The summed E-state index contributed by atoms with van der Waals surface area (Å²) in [5.74, 6) is 0. The third-order valence-electron chi connectivity index (χ3n) is 3.78. The fourth-order valence-electron chi connectivity index (χ4n) is 2.49. The second-order valence-electron chi connectivity index (χ2n) is 5.58. The molecule has 0 spiro atoms. The molecule has 0 radical (unpaired) electrons. The molecule has 0 fully saturated rings. The molecule has 1 heterocycles. The highest BCUT2D eigenvalue weighted by atomic mass is 35.5. The molecule has 4 nitrogen and oxygen atoms in total. The van der Waals surface area contributed by atoms with E-state index >= 15 is 0 Å². The van der Waals surface area contributed by atoms with Crippen LogP contribution in [-0.2, 0) is 4.74 Å². The van der Waals surface area contributed by atoms with Crippen LogP contribution in [0.4, 0.5) is 5.69 Å². The summed E-state index contributed by atoms with van der Waals surface area (Å²) in [4.78, 5) is 6.20. The molecule has 1 N–H and O–H groups in total. The van der Waals surface area contributed by atoms with Crippen LogP contribution in [0.5, 0.6) is 0 Å². The Morgan fingerprint density at radius 1 is 1.24 bits per heavy atom. The monoisotopic (exact) mass is 397 g/mol. The highest BCUT2D eigenvalue weighted by Crippen LogP contribution is 2.25. The van der Waals surface area contributed by atoms with E-state index in [2.05, 4.69) is 22.1 Å². The average Bonchev–Trinajstić information content (AvgIpc) is 2.58. The lowest BCUT2D eigenvalue weighted by Gasteiger charge is -2.32. The van der Waals surface area contributed by atoms with Gasteiger partial charge in [-0.1, -0.05) is 23.2 Å².